The molecule has 0 aliphatic carbocycles. The van der Waals surface area contributed by atoms with Crippen molar-refractivity contribution in [3.63, 3.8) is 0 Å². The van der Waals surface area contributed by atoms with Crippen LogP contribution >= 0.6 is 0 Å². The Morgan fingerprint density at radius 3 is 2.62 bits per heavy atom. The molecule has 16 heavy (non-hydrogen) atoms. The van der Waals surface area contributed by atoms with E-state index in [9.17, 15) is 18.4 Å². The maximum Gasteiger partial charge on any atom is 0.329 e. The molecule has 0 aromatic heterocycles. The number of primary amides is 1. The van der Waals surface area contributed by atoms with Crippen LogP contribution in [-0.2, 0) is 9.59 Å². The van der Waals surface area contributed by atoms with Crippen LogP contribution in [0.1, 0.15) is 5.56 Å². The number of hydrogen-bond acceptors (Lipinski definition) is 3. The van der Waals surface area contributed by atoms with Crippen molar-refractivity contribution in [1.82, 2.24) is 5.43 Å². The van der Waals surface area contributed by atoms with E-state index in [0.717, 1.165) is 18.3 Å². The normalized spacial score (nSPS) is 10.4. The van der Waals surface area contributed by atoms with Crippen LogP contribution in [0.15, 0.2) is 23.3 Å². The second-order valence-electron chi connectivity index (χ2n) is 2.73. The average Bonchev–Trinajstić information content (AvgIpc) is 2.20. The van der Waals surface area contributed by atoms with Gasteiger partial charge in [-0.05, 0) is 12.1 Å². The van der Waals surface area contributed by atoms with Crippen LogP contribution < -0.4 is 11.2 Å². The third-order valence-corrected chi connectivity index (χ3v) is 1.56. The van der Waals surface area contributed by atoms with Gasteiger partial charge in [-0.15, -0.1) is 0 Å². The Morgan fingerprint density at radius 2 is 2.06 bits per heavy atom. The number of amides is 2. The first-order valence-corrected chi connectivity index (χ1v) is 4.08. The molecule has 0 fully saturated rings. The summed E-state index contributed by atoms with van der Waals surface area (Å²) in [4.78, 5) is 20.9. The predicted octanol–water partition coefficient (Wildman–Crippen LogP) is -0.0998. The van der Waals surface area contributed by atoms with Gasteiger partial charge in [-0.1, -0.05) is 0 Å². The fraction of sp³-hybridized carbons (Fsp3) is 0. The fourth-order valence-electron chi connectivity index (χ4n) is 0.822. The average molecular weight is 227 g/mol. The molecule has 0 saturated heterocycles. The molecule has 84 valence electrons. The first kappa shape index (κ1) is 11.8. The van der Waals surface area contributed by atoms with E-state index in [1.165, 1.54) is 0 Å². The molecule has 5 nitrogen and oxygen atoms in total. The lowest BCUT2D eigenvalue weighted by molar-refractivity contribution is -0.137. The van der Waals surface area contributed by atoms with Crippen molar-refractivity contribution in [3.05, 3.63) is 35.4 Å². The maximum absolute atomic E-state index is 13.0. The quantitative estimate of drug-likeness (QED) is 0.420. The van der Waals surface area contributed by atoms with Gasteiger partial charge in [0.2, 0.25) is 0 Å². The molecule has 1 rings (SSSR count). The van der Waals surface area contributed by atoms with Gasteiger partial charge < -0.3 is 5.73 Å². The summed E-state index contributed by atoms with van der Waals surface area (Å²) in [5.74, 6) is -3.90. The van der Waals surface area contributed by atoms with Crippen molar-refractivity contribution in [3.8, 4) is 0 Å². The Hall–Kier alpha value is -2.31. The van der Waals surface area contributed by atoms with Gasteiger partial charge in [0.15, 0.2) is 0 Å². The van der Waals surface area contributed by atoms with Crippen LogP contribution in [0.5, 0.6) is 0 Å². The van der Waals surface area contributed by atoms with Crippen LogP contribution in [0.25, 0.3) is 0 Å². The number of carbonyl (C=O) groups is 2. The molecule has 1 aromatic carbocycles. The lowest BCUT2D eigenvalue weighted by Crippen LogP contribution is -2.32. The van der Waals surface area contributed by atoms with Crippen molar-refractivity contribution in [1.29, 1.82) is 0 Å². The van der Waals surface area contributed by atoms with E-state index in [2.05, 4.69) is 10.8 Å². The first-order chi connectivity index (χ1) is 7.50. The molecule has 0 aliphatic heterocycles. The standard InChI is InChI=1S/C9H7F2N3O2/c10-6-2-1-5(7(11)3-6)4-13-14-9(16)8(12)15/h1-4H,(H2,12,15)(H,14,16). The largest absolute Gasteiger partial charge is 0.361 e. The Bertz CT molecular complexity index is 460. The van der Waals surface area contributed by atoms with Crippen molar-refractivity contribution in [2.24, 2.45) is 10.8 Å². The maximum atomic E-state index is 13.0. The number of halogens is 2. The molecule has 0 radical (unpaired) electrons. The van der Waals surface area contributed by atoms with Gasteiger partial charge in [0.1, 0.15) is 11.6 Å². The molecule has 0 heterocycles. The molecule has 3 N–H and O–H groups in total. The van der Waals surface area contributed by atoms with E-state index >= 15 is 0 Å². The van der Waals surface area contributed by atoms with E-state index in [-0.39, 0.29) is 5.56 Å². The van der Waals surface area contributed by atoms with Gasteiger partial charge in [0.25, 0.3) is 0 Å². The summed E-state index contributed by atoms with van der Waals surface area (Å²) in [5, 5.41) is 3.27. The highest BCUT2D eigenvalue weighted by Gasteiger charge is 2.06. The molecule has 0 saturated carbocycles. The number of hydrogen-bond donors (Lipinski definition) is 2. The molecule has 0 aliphatic rings. The summed E-state index contributed by atoms with van der Waals surface area (Å²) in [5.41, 5.74) is 6.35. The molecule has 0 bridgehead atoms. The summed E-state index contributed by atoms with van der Waals surface area (Å²) >= 11 is 0. The first-order valence-electron chi connectivity index (χ1n) is 4.08. The molecule has 0 atom stereocenters. The summed E-state index contributed by atoms with van der Waals surface area (Å²) in [7, 11) is 0. The van der Waals surface area contributed by atoms with Crippen LogP contribution in [0.3, 0.4) is 0 Å². The van der Waals surface area contributed by atoms with Gasteiger partial charge >= 0.3 is 11.8 Å². The fourth-order valence-corrected chi connectivity index (χ4v) is 0.822. The molecule has 2 amide bonds. The highest BCUT2D eigenvalue weighted by Crippen LogP contribution is 2.06. The van der Waals surface area contributed by atoms with Crippen LogP contribution in [0, 0.1) is 11.6 Å². The number of nitrogens with zero attached hydrogens (tertiary/aromatic N) is 1. The van der Waals surface area contributed by atoms with E-state index in [1.807, 2.05) is 0 Å². The number of hydrazone groups is 1. The second-order valence-corrected chi connectivity index (χ2v) is 2.73. The SMILES string of the molecule is NC(=O)C(=O)NN=Cc1ccc(F)cc1F. The molecule has 0 unspecified atom stereocenters. The second kappa shape index (κ2) is 4.96. The predicted molar refractivity (Wildman–Crippen MR) is 51.3 cm³/mol. The van der Waals surface area contributed by atoms with Gasteiger partial charge in [0.05, 0.1) is 6.21 Å². The van der Waals surface area contributed by atoms with E-state index in [0.29, 0.717) is 6.07 Å². The van der Waals surface area contributed by atoms with E-state index in [1.54, 1.807) is 5.43 Å². The van der Waals surface area contributed by atoms with Crippen molar-refractivity contribution in [2.45, 2.75) is 0 Å². The van der Waals surface area contributed by atoms with Crippen LogP contribution in [0.4, 0.5) is 8.78 Å². The Kier molecular flexibility index (Phi) is 3.65. The molecule has 1 aromatic rings. The zero-order chi connectivity index (χ0) is 12.1. The minimum Gasteiger partial charge on any atom is -0.361 e. The lowest BCUT2D eigenvalue weighted by Gasteiger charge is -1.96. The summed E-state index contributed by atoms with van der Waals surface area (Å²) < 4.78 is 25.5. The van der Waals surface area contributed by atoms with Gasteiger partial charge in [0, 0.05) is 11.6 Å². The summed E-state index contributed by atoms with van der Waals surface area (Å²) in [6, 6.07) is 2.82. The molecular formula is C9H7F2N3O2. The van der Waals surface area contributed by atoms with Crippen LogP contribution in [0.2, 0.25) is 0 Å². The Labute approximate surface area is 88.9 Å². The molecule has 7 heteroatoms. The van der Waals surface area contributed by atoms with Gasteiger partial charge in [-0.25, -0.2) is 14.2 Å². The van der Waals surface area contributed by atoms with Crippen LogP contribution in [-0.4, -0.2) is 18.0 Å². The number of nitrogens with one attached hydrogen (secondary N) is 1. The zero-order valence-corrected chi connectivity index (χ0v) is 7.91. The lowest BCUT2D eigenvalue weighted by atomic mass is 10.2. The monoisotopic (exact) mass is 227 g/mol. The number of nitrogens with two attached hydrogens (primary N) is 1. The Balaban J connectivity index is 2.70. The van der Waals surface area contributed by atoms with E-state index < -0.39 is 23.4 Å². The van der Waals surface area contributed by atoms with Crippen molar-refractivity contribution in [2.75, 3.05) is 0 Å². The highest BCUT2D eigenvalue weighted by atomic mass is 19.1. The number of carbonyl (C=O) groups excluding carboxylic acids is 2. The van der Waals surface area contributed by atoms with Gasteiger partial charge in [-0.2, -0.15) is 5.10 Å². The minimum absolute atomic E-state index is 0.0360. The highest BCUT2D eigenvalue weighted by molar-refractivity contribution is 6.34. The van der Waals surface area contributed by atoms with Crippen molar-refractivity contribution < 1.29 is 18.4 Å². The number of benzene rings is 1. The smallest absolute Gasteiger partial charge is 0.329 e. The minimum atomic E-state index is -1.21. The number of rotatable bonds is 2. The van der Waals surface area contributed by atoms with E-state index in [4.69, 9.17) is 0 Å². The third kappa shape index (κ3) is 3.12. The van der Waals surface area contributed by atoms with Crippen molar-refractivity contribution >= 4 is 18.0 Å². The third-order valence-electron chi connectivity index (χ3n) is 1.56. The summed E-state index contributed by atoms with van der Waals surface area (Å²) in [6.07, 6.45) is 0.926. The Morgan fingerprint density at radius 1 is 1.38 bits per heavy atom. The summed E-state index contributed by atoms with van der Waals surface area (Å²) in [6.45, 7) is 0. The topological polar surface area (TPSA) is 84.5 Å². The molecule has 0 spiro atoms. The zero-order valence-electron chi connectivity index (χ0n) is 7.91. The van der Waals surface area contributed by atoms with Gasteiger partial charge in [-0.3, -0.25) is 9.59 Å². The molecular weight excluding hydrogens is 220 g/mol.